The molecule has 1 aromatic carbocycles. The van der Waals surface area contributed by atoms with Crippen LogP contribution in [0.4, 0.5) is 0 Å². The smallest absolute Gasteiger partial charge is 0.310 e. The zero-order valence-electron chi connectivity index (χ0n) is 8.41. The van der Waals surface area contributed by atoms with Crippen molar-refractivity contribution >= 4 is 36.3 Å². The van der Waals surface area contributed by atoms with Crippen molar-refractivity contribution in [3.63, 3.8) is 0 Å². The fourth-order valence-electron chi connectivity index (χ4n) is 1.14. The van der Waals surface area contributed by atoms with Gasteiger partial charge in [-0.25, -0.2) is 0 Å². The lowest BCUT2D eigenvalue weighted by Crippen LogP contribution is -2.17. The number of benzene rings is 1. The van der Waals surface area contributed by atoms with E-state index in [0.29, 0.717) is 10.6 Å². The van der Waals surface area contributed by atoms with E-state index in [0.717, 1.165) is 0 Å². The molecule has 0 aliphatic carbocycles. The van der Waals surface area contributed by atoms with Crippen LogP contribution < -0.4 is 4.72 Å². The topological polar surface area (TPSA) is 55.4 Å². The van der Waals surface area contributed by atoms with Crippen molar-refractivity contribution in [2.24, 2.45) is 0 Å². The van der Waals surface area contributed by atoms with Crippen molar-refractivity contribution in [1.29, 1.82) is 0 Å². The van der Waals surface area contributed by atoms with E-state index in [1.807, 2.05) is 0 Å². The summed E-state index contributed by atoms with van der Waals surface area (Å²) in [5.74, 6) is -0.873. The van der Waals surface area contributed by atoms with Gasteiger partial charge in [0.2, 0.25) is 0 Å². The lowest BCUT2D eigenvalue weighted by Gasteiger charge is -2.07. The molecule has 1 aromatic rings. The number of hydrogen-bond donors (Lipinski definition) is 2. The third kappa shape index (κ3) is 3.15. The molecule has 85 valence electrons. The SMILES string of the molecule is COC(=O)Cc1c[c]c(Cl)cc1C(=O)NS. The zero-order chi connectivity index (χ0) is 12.1. The maximum Gasteiger partial charge on any atom is 0.310 e. The highest BCUT2D eigenvalue weighted by molar-refractivity contribution is 7.78. The van der Waals surface area contributed by atoms with Gasteiger partial charge in [-0.15, -0.1) is 0 Å². The largest absolute Gasteiger partial charge is 0.469 e. The quantitative estimate of drug-likeness (QED) is 0.637. The highest BCUT2D eigenvalue weighted by Crippen LogP contribution is 2.16. The molecule has 0 saturated heterocycles. The maximum absolute atomic E-state index is 11.4. The van der Waals surface area contributed by atoms with Crippen LogP contribution in [0.25, 0.3) is 0 Å². The number of nitrogens with one attached hydrogen (secondary N) is 1. The van der Waals surface area contributed by atoms with Gasteiger partial charge in [0.25, 0.3) is 5.91 Å². The first-order valence-electron chi connectivity index (χ1n) is 4.30. The summed E-state index contributed by atoms with van der Waals surface area (Å²) in [5, 5.41) is 0.292. The van der Waals surface area contributed by atoms with Crippen molar-refractivity contribution in [3.8, 4) is 0 Å². The zero-order valence-corrected chi connectivity index (χ0v) is 10.1. The number of ether oxygens (including phenoxy) is 1. The summed E-state index contributed by atoms with van der Waals surface area (Å²) >= 11 is 9.36. The van der Waals surface area contributed by atoms with E-state index >= 15 is 0 Å². The van der Waals surface area contributed by atoms with Gasteiger partial charge >= 0.3 is 5.97 Å². The van der Waals surface area contributed by atoms with Gasteiger partial charge in [-0.1, -0.05) is 24.4 Å². The first kappa shape index (κ1) is 12.9. The highest BCUT2D eigenvalue weighted by atomic mass is 35.5. The number of carbonyl (C=O) groups is 2. The molecule has 4 nitrogen and oxygen atoms in total. The van der Waals surface area contributed by atoms with Gasteiger partial charge in [-0.05, 0) is 17.7 Å². The van der Waals surface area contributed by atoms with E-state index in [2.05, 4.69) is 28.3 Å². The van der Waals surface area contributed by atoms with Gasteiger partial charge in [0, 0.05) is 16.7 Å². The number of hydrogen-bond acceptors (Lipinski definition) is 4. The third-order valence-electron chi connectivity index (χ3n) is 1.91. The first-order chi connectivity index (χ1) is 7.58. The fraction of sp³-hybridized carbons (Fsp3) is 0.200. The average molecular weight is 259 g/mol. The van der Waals surface area contributed by atoms with Crippen LogP contribution in [0.5, 0.6) is 0 Å². The molecule has 0 unspecified atom stereocenters. The molecule has 1 rings (SSSR count). The molecule has 1 N–H and O–H groups in total. The number of halogens is 1. The second kappa shape index (κ2) is 5.77. The Morgan fingerprint density at radius 1 is 1.62 bits per heavy atom. The third-order valence-corrected chi connectivity index (χ3v) is 2.33. The van der Waals surface area contributed by atoms with Gasteiger partial charge in [0.15, 0.2) is 0 Å². The minimum Gasteiger partial charge on any atom is -0.469 e. The van der Waals surface area contributed by atoms with E-state index < -0.39 is 11.9 Å². The second-order valence-corrected chi connectivity index (χ2v) is 3.54. The Bertz CT molecular complexity index is 423. The Balaban J connectivity index is 3.07. The predicted octanol–water partition coefficient (Wildman–Crippen LogP) is 1.43. The molecule has 1 amide bonds. The summed E-state index contributed by atoms with van der Waals surface area (Å²) in [5.41, 5.74) is 0.770. The molecular formula is C10H9ClNO3S. The number of thiol groups is 1. The first-order valence-corrected chi connectivity index (χ1v) is 5.12. The lowest BCUT2D eigenvalue weighted by molar-refractivity contribution is -0.139. The molecule has 0 atom stereocenters. The summed E-state index contributed by atoms with van der Waals surface area (Å²) in [6, 6.07) is 5.61. The molecular weight excluding hydrogens is 250 g/mol. The number of rotatable bonds is 3. The maximum atomic E-state index is 11.4. The molecule has 0 fully saturated rings. The standard InChI is InChI=1S/C10H9ClNO3S/c1-15-9(13)4-6-2-3-7(11)5-8(6)10(14)12-16/h2,5,16H,4H2,1H3,(H,12,14). The second-order valence-electron chi connectivity index (χ2n) is 2.91. The van der Waals surface area contributed by atoms with E-state index in [-0.39, 0.29) is 12.0 Å². The van der Waals surface area contributed by atoms with E-state index in [1.165, 1.54) is 19.2 Å². The van der Waals surface area contributed by atoms with Crippen molar-refractivity contribution in [3.05, 3.63) is 34.3 Å². The Hall–Kier alpha value is -1.20. The fourth-order valence-corrected chi connectivity index (χ4v) is 1.42. The van der Waals surface area contributed by atoms with Crippen molar-refractivity contribution in [1.82, 2.24) is 4.72 Å². The summed E-state index contributed by atoms with van der Waals surface area (Å²) in [4.78, 5) is 22.6. The van der Waals surface area contributed by atoms with Gasteiger partial charge in [0.1, 0.15) is 0 Å². The Kier molecular flexibility index (Phi) is 4.64. The minimum atomic E-state index is -0.441. The van der Waals surface area contributed by atoms with Crippen molar-refractivity contribution in [2.45, 2.75) is 6.42 Å². The summed E-state index contributed by atoms with van der Waals surface area (Å²) in [6.07, 6.45) is -0.0132. The summed E-state index contributed by atoms with van der Waals surface area (Å²) in [7, 11) is 1.28. The highest BCUT2D eigenvalue weighted by Gasteiger charge is 2.14. The van der Waals surface area contributed by atoms with E-state index in [4.69, 9.17) is 11.6 Å². The molecule has 0 heterocycles. The molecule has 0 bridgehead atoms. The minimum absolute atomic E-state index is 0.0132. The normalized spacial score (nSPS) is 9.69. The molecule has 1 radical (unpaired) electrons. The van der Waals surface area contributed by atoms with Crippen LogP contribution >= 0.6 is 24.4 Å². The van der Waals surface area contributed by atoms with Gasteiger partial charge in [-0.2, -0.15) is 0 Å². The van der Waals surface area contributed by atoms with Crippen LogP contribution in [0.15, 0.2) is 12.1 Å². The Morgan fingerprint density at radius 3 is 2.88 bits per heavy atom. The molecule has 0 aromatic heterocycles. The van der Waals surface area contributed by atoms with Crippen LogP contribution in [0.3, 0.4) is 0 Å². The Morgan fingerprint density at radius 2 is 2.31 bits per heavy atom. The van der Waals surface area contributed by atoms with Crippen LogP contribution in [0, 0.1) is 6.07 Å². The van der Waals surface area contributed by atoms with Gasteiger partial charge in [-0.3, -0.25) is 14.3 Å². The number of carbonyl (C=O) groups excluding carboxylic acids is 2. The van der Waals surface area contributed by atoms with Gasteiger partial charge < -0.3 is 4.74 Å². The molecule has 16 heavy (non-hydrogen) atoms. The predicted molar refractivity (Wildman–Crippen MR) is 62.5 cm³/mol. The van der Waals surface area contributed by atoms with Crippen LogP contribution in [-0.2, 0) is 16.0 Å². The van der Waals surface area contributed by atoms with Crippen LogP contribution in [-0.4, -0.2) is 19.0 Å². The number of amides is 1. The van der Waals surface area contributed by atoms with Crippen LogP contribution in [0.2, 0.25) is 5.02 Å². The number of esters is 1. The molecule has 0 spiro atoms. The summed E-state index contributed by atoms with van der Waals surface area (Å²) < 4.78 is 6.69. The number of methoxy groups -OCH3 is 1. The lowest BCUT2D eigenvalue weighted by atomic mass is 10.0. The monoisotopic (exact) mass is 258 g/mol. The molecule has 0 aliphatic rings. The molecule has 0 saturated carbocycles. The van der Waals surface area contributed by atoms with Gasteiger partial charge in [0.05, 0.1) is 13.5 Å². The van der Waals surface area contributed by atoms with E-state index in [1.54, 1.807) is 0 Å². The van der Waals surface area contributed by atoms with Crippen molar-refractivity contribution < 1.29 is 14.3 Å². The molecule has 0 aliphatic heterocycles. The summed E-state index contributed by atoms with van der Waals surface area (Å²) in [6.45, 7) is 0. The molecule has 6 heteroatoms. The van der Waals surface area contributed by atoms with Crippen molar-refractivity contribution in [2.75, 3.05) is 7.11 Å². The van der Waals surface area contributed by atoms with Crippen LogP contribution in [0.1, 0.15) is 15.9 Å². The average Bonchev–Trinajstić information content (AvgIpc) is 2.30. The van der Waals surface area contributed by atoms with E-state index in [9.17, 15) is 9.59 Å². The Labute approximate surface area is 103 Å².